The van der Waals surface area contributed by atoms with Gasteiger partial charge in [0.15, 0.2) is 0 Å². The van der Waals surface area contributed by atoms with Crippen LogP contribution < -0.4 is 10.6 Å². The van der Waals surface area contributed by atoms with E-state index < -0.39 is 0 Å². The van der Waals surface area contributed by atoms with E-state index in [1.807, 2.05) is 26.0 Å². The Morgan fingerprint density at radius 1 is 1.44 bits per heavy atom. The van der Waals surface area contributed by atoms with Gasteiger partial charge in [-0.3, -0.25) is 4.79 Å². The summed E-state index contributed by atoms with van der Waals surface area (Å²) in [5, 5.41) is 14.4. The van der Waals surface area contributed by atoms with Gasteiger partial charge in [-0.15, -0.1) is 10.2 Å². The lowest BCUT2D eigenvalue weighted by molar-refractivity contribution is 0.102. The van der Waals surface area contributed by atoms with Gasteiger partial charge in [-0.1, -0.05) is 17.4 Å². The molecule has 0 spiro atoms. The number of amides is 1. The molecule has 7 heteroatoms. The molecule has 0 fully saturated rings. The van der Waals surface area contributed by atoms with E-state index in [1.165, 1.54) is 11.3 Å². The first kappa shape index (κ1) is 12.4. The fourth-order valence-electron chi connectivity index (χ4n) is 1.32. The summed E-state index contributed by atoms with van der Waals surface area (Å²) >= 11 is 1.22. The summed E-state index contributed by atoms with van der Waals surface area (Å²) in [6.45, 7) is 4.58. The molecule has 0 atom stereocenters. The second kappa shape index (κ2) is 5.54. The summed E-state index contributed by atoms with van der Waals surface area (Å²) in [5.41, 5.74) is 0.905. The maximum atomic E-state index is 11.9. The van der Waals surface area contributed by atoms with Crippen LogP contribution in [0.2, 0.25) is 0 Å². The molecule has 2 aromatic rings. The first-order chi connectivity index (χ1) is 8.70. The van der Waals surface area contributed by atoms with Crippen molar-refractivity contribution in [3.63, 3.8) is 0 Å². The molecule has 0 bridgehead atoms. The summed E-state index contributed by atoms with van der Waals surface area (Å²) < 4.78 is 0. The van der Waals surface area contributed by atoms with Crippen molar-refractivity contribution in [1.29, 1.82) is 0 Å². The molecule has 94 valence electrons. The van der Waals surface area contributed by atoms with Gasteiger partial charge in [0.25, 0.3) is 5.91 Å². The quantitative estimate of drug-likeness (QED) is 0.881. The Kier molecular flexibility index (Phi) is 3.83. The van der Waals surface area contributed by atoms with Crippen molar-refractivity contribution in [2.45, 2.75) is 13.8 Å². The molecule has 0 unspecified atom stereocenters. The molecule has 0 aliphatic heterocycles. The van der Waals surface area contributed by atoms with Crippen LogP contribution in [-0.2, 0) is 0 Å². The van der Waals surface area contributed by atoms with E-state index in [0.29, 0.717) is 16.0 Å². The van der Waals surface area contributed by atoms with Crippen LogP contribution in [-0.4, -0.2) is 27.6 Å². The molecule has 6 nitrogen and oxygen atoms in total. The molecular weight excluding hydrogens is 250 g/mol. The molecule has 0 saturated carbocycles. The van der Waals surface area contributed by atoms with Crippen LogP contribution in [0, 0.1) is 6.92 Å². The van der Waals surface area contributed by atoms with Gasteiger partial charge in [-0.05, 0) is 25.5 Å². The van der Waals surface area contributed by atoms with E-state index in [-0.39, 0.29) is 5.91 Å². The van der Waals surface area contributed by atoms with Crippen LogP contribution >= 0.6 is 11.3 Å². The van der Waals surface area contributed by atoms with Crippen molar-refractivity contribution >= 4 is 28.2 Å². The minimum atomic E-state index is -0.293. The van der Waals surface area contributed by atoms with Crippen molar-refractivity contribution < 1.29 is 4.79 Å². The standard InChI is InChI=1S/C11H13N5OS/c1-3-12-11-16-15-10(18-11)9(17)14-8-7(2)5-4-6-13-8/h4-6H,3H2,1-2H3,(H,12,16)(H,13,14,17). The topological polar surface area (TPSA) is 79.8 Å². The highest BCUT2D eigenvalue weighted by Crippen LogP contribution is 2.17. The second-order valence-electron chi connectivity index (χ2n) is 3.57. The van der Waals surface area contributed by atoms with E-state index in [4.69, 9.17) is 0 Å². The first-order valence-electron chi connectivity index (χ1n) is 5.51. The SMILES string of the molecule is CCNc1nnc(C(=O)Nc2ncccc2C)s1. The van der Waals surface area contributed by atoms with Gasteiger partial charge in [0.2, 0.25) is 10.1 Å². The number of carbonyl (C=O) groups excluding carboxylic acids is 1. The van der Waals surface area contributed by atoms with Crippen LogP contribution in [0.15, 0.2) is 18.3 Å². The fraction of sp³-hybridized carbons (Fsp3) is 0.273. The van der Waals surface area contributed by atoms with Crippen LogP contribution in [0.3, 0.4) is 0 Å². The third kappa shape index (κ3) is 2.80. The third-order valence-electron chi connectivity index (χ3n) is 2.19. The minimum Gasteiger partial charge on any atom is -0.360 e. The first-order valence-corrected chi connectivity index (χ1v) is 6.32. The molecule has 0 aromatic carbocycles. The maximum Gasteiger partial charge on any atom is 0.287 e. The summed E-state index contributed by atoms with van der Waals surface area (Å²) in [6.07, 6.45) is 1.63. The average molecular weight is 263 g/mol. The van der Waals surface area contributed by atoms with Crippen molar-refractivity contribution in [3.8, 4) is 0 Å². The van der Waals surface area contributed by atoms with Gasteiger partial charge in [-0.2, -0.15) is 0 Å². The Morgan fingerprint density at radius 3 is 3.00 bits per heavy atom. The Hall–Kier alpha value is -2.02. The van der Waals surface area contributed by atoms with E-state index in [9.17, 15) is 4.79 Å². The lowest BCUT2D eigenvalue weighted by atomic mass is 10.3. The monoisotopic (exact) mass is 263 g/mol. The van der Waals surface area contributed by atoms with Gasteiger partial charge in [0.05, 0.1) is 0 Å². The number of pyridine rings is 1. The zero-order chi connectivity index (χ0) is 13.0. The number of hydrogen-bond donors (Lipinski definition) is 2. The molecule has 1 amide bonds. The number of aromatic nitrogens is 3. The molecular formula is C11H13N5OS. The molecule has 2 heterocycles. The summed E-state index contributed by atoms with van der Waals surface area (Å²) in [7, 11) is 0. The molecule has 0 radical (unpaired) electrons. The zero-order valence-corrected chi connectivity index (χ0v) is 10.9. The molecule has 0 aliphatic carbocycles. The van der Waals surface area contributed by atoms with Gasteiger partial charge < -0.3 is 10.6 Å². The van der Waals surface area contributed by atoms with Crippen LogP contribution in [0.1, 0.15) is 22.3 Å². The van der Waals surface area contributed by atoms with Crippen LogP contribution in [0.4, 0.5) is 10.9 Å². The molecule has 18 heavy (non-hydrogen) atoms. The minimum absolute atomic E-state index is 0.293. The third-order valence-corrected chi connectivity index (χ3v) is 3.07. The lowest BCUT2D eigenvalue weighted by Gasteiger charge is -2.03. The molecule has 0 aliphatic rings. The highest BCUT2D eigenvalue weighted by atomic mass is 32.1. The highest BCUT2D eigenvalue weighted by Gasteiger charge is 2.13. The van der Waals surface area contributed by atoms with E-state index in [1.54, 1.807) is 6.20 Å². The molecule has 0 saturated heterocycles. The van der Waals surface area contributed by atoms with Crippen molar-refractivity contribution in [2.75, 3.05) is 17.2 Å². The van der Waals surface area contributed by atoms with Crippen molar-refractivity contribution in [3.05, 3.63) is 28.9 Å². The number of carbonyl (C=O) groups is 1. The van der Waals surface area contributed by atoms with E-state index in [0.717, 1.165) is 12.1 Å². The maximum absolute atomic E-state index is 11.9. The zero-order valence-electron chi connectivity index (χ0n) is 10.1. The summed E-state index contributed by atoms with van der Waals surface area (Å²) in [6, 6.07) is 3.70. The van der Waals surface area contributed by atoms with E-state index in [2.05, 4.69) is 25.8 Å². The number of rotatable bonds is 4. The van der Waals surface area contributed by atoms with Crippen molar-refractivity contribution in [1.82, 2.24) is 15.2 Å². The molecule has 2 rings (SSSR count). The molecule has 2 N–H and O–H groups in total. The predicted molar refractivity (Wildman–Crippen MR) is 71.0 cm³/mol. The smallest absolute Gasteiger partial charge is 0.287 e. The Balaban J connectivity index is 2.10. The fourth-order valence-corrected chi connectivity index (χ4v) is 2.02. The van der Waals surface area contributed by atoms with Gasteiger partial charge >= 0.3 is 0 Å². The Labute approximate surface area is 108 Å². The highest BCUT2D eigenvalue weighted by molar-refractivity contribution is 7.17. The lowest BCUT2D eigenvalue weighted by Crippen LogP contribution is -2.13. The average Bonchev–Trinajstić information content (AvgIpc) is 2.81. The number of nitrogens with zero attached hydrogens (tertiary/aromatic N) is 3. The number of aryl methyl sites for hydroxylation is 1. The van der Waals surface area contributed by atoms with Gasteiger partial charge in [-0.25, -0.2) is 4.98 Å². The van der Waals surface area contributed by atoms with Crippen LogP contribution in [0.5, 0.6) is 0 Å². The summed E-state index contributed by atoms with van der Waals surface area (Å²) in [4.78, 5) is 16.0. The molecule has 2 aromatic heterocycles. The second-order valence-corrected chi connectivity index (χ2v) is 4.54. The Bertz CT molecular complexity index is 554. The van der Waals surface area contributed by atoms with Gasteiger partial charge in [0, 0.05) is 12.7 Å². The number of anilines is 2. The number of hydrogen-bond acceptors (Lipinski definition) is 6. The largest absolute Gasteiger partial charge is 0.360 e. The predicted octanol–water partition coefficient (Wildman–Crippen LogP) is 1.93. The number of nitrogens with one attached hydrogen (secondary N) is 2. The Morgan fingerprint density at radius 2 is 2.28 bits per heavy atom. The van der Waals surface area contributed by atoms with Crippen LogP contribution in [0.25, 0.3) is 0 Å². The summed E-state index contributed by atoms with van der Waals surface area (Å²) in [5.74, 6) is 0.251. The van der Waals surface area contributed by atoms with Gasteiger partial charge in [0.1, 0.15) is 5.82 Å². The normalized spacial score (nSPS) is 10.1. The van der Waals surface area contributed by atoms with E-state index >= 15 is 0 Å². The van der Waals surface area contributed by atoms with Crippen molar-refractivity contribution in [2.24, 2.45) is 0 Å².